The molecule has 2 rings (SSSR count). The zero-order valence-electron chi connectivity index (χ0n) is 9.92. The van der Waals surface area contributed by atoms with Crippen molar-refractivity contribution in [2.24, 2.45) is 5.92 Å². The van der Waals surface area contributed by atoms with Crippen LogP contribution in [0.2, 0.25) is 5.02 Å². The zero-order chi connectivity index (χ0) is 13.0. The fraction of sp³-hybridized carbons (Fsp3) is 0.462. The van der Waals surface area contributed by atoms with E-state index in [2.05, 4.69) is 21.2 Å². The van der Waals surface area contributed by atoms with Crippen LogP contribution in [-0.2, 0) is 4.79 Å². The van der Waals surface area contributed by atoms with Crippen molar-refractivity contribution in [1.82, 2.24) is 0 Å². The minimum Gasteiger partial charge on any atom is -0.325 e. The summed E-state index contributed by atoms with van der Waals surface area (Å²) in [6, 6.07) is 5.40. The summed E-state index contributed by atoms with van der Waals surface area (Å²) in [4.78, 5) is 12.0. The van der Waals surface area contributed by atoms with Crippen LogP contribution >= 0.6 is 39.3 Å². The summed E-state index contributed by atoms with van der Waals surface area (Å²) in [6.45, 7) is 0. The van der Waals surface area contributed by atoms with Crippen LogP contribution in [0.3, 0.4) is 0 Å². The highest BCUT2D eigenvalue weighted by Gasteiger charge is 2.17. The quantitative estimate of drug-likeness (QED) is 0.866. The third-order valence-corrected chi connectivity index (χ3v) is 4.99. The Labute approximate surface area is 125 Å². The maximum atomic E-state index is 12.0. The van der Waals surface area contributed by atoms with Crippen LogP contribution < -0.4 is 5.32 Å². The van der Waals surface area contributed by atoms with Gasteiger partial charge in [-0.1, -0.05) is 11.6 Å². The first-order chi connectivity index (χ1) is 8.65. The van der Waals surface area contributed by atoms with Crippen LogP contribution in [0.15, 0.2) is 22.7 Å². The van der Waals surface area contributed by atoms with Gasteiger partial charge in [0.2, 0.25) is 5.91 Å². The van der Waals surface area contributed by atoms with Gasteiger partial charge in [0.15, 0.2) is 0 Å². The summed E-state index contributed by atoms with van der Waals surface area (Å²) in [5.41, 5.74) is 0.748. The Morgan fingerprint density at radius 2 is 2.17 bits per heavy atom. The molecule has 1 fully saturated rings. The van der Waals surface area contributed by atoms with Crippen molar-refractivity contribution in [1.29, 1.82) is 0 Å². The van der Waals surface area contributed by atoms with Gasteiger partial charge in [0, 0.05) is 15.9 Å². The number of rotatable bonds is 3. The smallest absolute Gasteiger partial charge is 0.224 e. The molecule has 1 saturated heterocycles. The average Bonchev–Trinajstić information content (AvgIpc) is 2.35. The Bertz CT molecular complexity index is 435. The highest BCUT2D eigenvalue weighted by Crippen LogP contribution is 2.28. The molecule has 0 unspecified atom stereocenters. The molecule has 1 N–H and O–H groups in total. The van der Waals surface area contributed by atoms with Crippen molar-refractivity contribution in [2.75, 3.05) is 16.8 Å². The molecule has 1 aromatic rings. The van der Waals surface area contributed by atoms with Crippen LogP contribution in [0.5, 0.6) is 0 Å². The Morgan fingerprint density at radius 3 is 2.89 bits per heavy atom. The molecule has 98 valence electrons. The average molecular weight is 349 g/mol. The highest BCUT2D eigenvalue weighted by atomic mass is 79.9. The molecule has 5 heteroatoms. The number of carbonyl (C=O) groups is 1. The molecule has 1 aliphatic rings. The van der Waals surface area contributed by atoms with Crippen LogP contribution in [0.25, 0.3) is 0 Å². The lowest BCUT2D eigenvalue weighted by Gasteiger charge is -2.20. The van der Waals surface area contributed by atoms with Gasteiger partial charge in [-0.05, 0) is 64.4 Å². The fourth-order valence-corrected chi connectivity index (χ4v) is 3.73. The van der Waals surface area contributed by atoms with E-state index >= 15 is 0 Å². The lowest BCUT2D eigenvalue weighted by Crippen LogP contribution is -2.19. The first-order valence-corrected chi connectivity index (χ1v) is 8.30. The molecule has 1 aliphatic heterocycles. The van der Waals surface area contributed by atoms with E-state index < -0.39 is 0 Å². The molecular formula is C13H15BrClNOS. The van der Waals surface area contributed by atoms with E-state index in [4.69, 9.17) is 11.6 Å². The zero-order valence-corrected chi connectivity index (χ0v) is 13.1. The normalized spacial score (nSPS) is 16.6. The molecule has 1 aromatic carbocycles. The van der Waals surface area contributed by atoms with E-state index in [1.165, 1.54) is 11.5 Å². The van der Waals surface area contributed by atoms with E-state index in [9.17, 15) is 4.79 Å². The molecule has 0 radical (unpaired) electrons. The molecule has 0 aliphatic carbocycles. The molecular weight excluding hydrogens is 334 g/mol. The predicted molar refractivity (Wildman–Crippen MR) is 82.4 cm³/mol. The SMILES string of the molecule is O=C(CC1CCSCC1)Nc1cc(Cl)ccc1Br. The molecule has 0 aromatic heterocycles. The van der Waals surface area contributed by atoms with Gasteiger partial charge < -0.3 is 5.32 Å². The fourth-order valence-electron chi connectivity index (χ4n) is 2.01. The van der Waals surface area contributed by atoms with E-state index in [0.717, 1.165) is 23.0 Å². The van der Waals surface area contributed by atoms with Gasteiger partial charge in [0.1, 0.15) is 0 Å². The molecule has 2 nitrogen and oxygen atoms in total. The van der Waals surface area contributed by atoms with Gasteiger partial charge in [0.05, 0.1) is 5.69 Å². The van der Waals surface area contributed by atoms with Crippen molar-refractivity contribution in [3.05, 3.63) is 27.7 Å². The van der Waals surface area contributed by atoms with Crippen molar-refractivity contribution >= 4 is 50.9 Å². The van der Waals surface area contributed by atoms with Crippen LogP contribution in [0.1, 0.15) is 19.3 Å². The number of nitrogens with one attached hydrogen (secondary N) is 1. The maximum Gasteiger partial charge on any atom is 0.224 e. The summed E-state index contributed by atoms with van der Waals surface area (Å²) >= 11 is 11.3. The molecule has 1 amide bonds. The van der Waals surface area contributed by atoms with Crippen LogP contribution in [0, 0.1) is 5.92 Å². The second kappa shape index (κ2) is 6.83. The third-order valence-electron chi connectivity index (χ3n) is 3.02. The third kappa shape index (κ3) is 4.18. The first kappa shape index (κ1) is 14.2. The number of halogens is 2. The predicted octanol–water partition coefficient (Wildman–Crippen LogP) is 4.57. The van der Waals surface area contributed by atoms with Gasteiger partial charge in [-0.25, -0.2) is 0 Å². The summed E-state index contributed by atoms with van der Waals surface area (Å²) in [5, 5.41) is 3.55. The van der Waals surface area contributed by atoms with Crippen molar-refractivity contribution in [2.45, 2.75) is 19.3 Å². The molecule has 1 heterocycles. The molecule has 0 saturated carbocycles. The van der Waals surface area contributed by atoms with Crippen LogP contribution in [-0.4, -0.2) is 17.4 Å². The van der Waals surface area contributed by atoms with E-state index in [-0.39, 0.29) is 5.91 Å². The molecule has 0 bridgehead atoms. The second-order valence-electron chi connectivity index (χ2n) is 4.43. The summed E-state index contributed by atoms with van der Waals surface area (Å²) < 4.78 is 0.861. The summed E-state index contributed by atoms with van der Waals surface area (Å²) in [5.74, 6) is 2.97. The number of hydrogen-bond acceptors (Lipinski definition) is 2. The van der Waals surface area contributed by atoms with Gasteiger partial charge in [-0.2, -0.15) is 11.8 Å². The lowest BCUT2D eigenvalue weighted by molar-refractivity contribution is -0.117. The number of benzene rings is 1. The van der Waals surface area contributed by atoms with Gasteiger partial charge in [-0.3, -0.25) is 4.79 Å². The number of anilines is 1. The number of thioether (sulfide) groups is 1. The monoisotopic (exact) mass is 347 g/mol. The number of carbonyl (C=O) groups excluding carboxylic acids is 1. The topological polar surface area (TPSA) is 29.1 Å². The summed E-state index contributed by atoms with van der Waals surface area (Å²) in [7, 11) is 0. The Balaban J connectivity index is 1.92. The Morgan fingerprint density at radius 1 is 1.44 bits per heavy atom. The lowest BCUT2D eigenvalue weighted by atomic mass is 9.98. The number of amides is 1. The largest absolute Gasteiger partial charge is 0.325 e. The number of hydrogen-bond donors (Lipinski definition) is 1. The van der Waals surface area contributed by atoms with E-state index in [1.807, 2.05) is 17.8 Å². The van der Waals surface area contributed by atoms with Gasteiger partial charge in [-0.15, -0.1) is 0 Å². The van der Waals surface area contributed by atoms with Gasteiger partial charge >= 0.3 is 0 Å². The standard InChI is InChI=1S/C13H15BrClNOS/c14-11-2-1-10(15)8-12(11)16-13(17)7-9-3-5-18-6-4-9/h1-2,8-9H,3-7H2,(H,16,17). The second-order valence-corrected chi connectivity index (χ2v) is 6.95. The molecule has 18 heavy (non-hydrogen) atoms. The van der Waals surface area contributed by atoms with Crippen molar-refractivity contribution in [3.63, 3.8) is 0 Å². The minimum atomic E-state index is 0.0786. The van der Waals surface area contributed by atoms with E-state index in [1.54, 1.807) is 12.1 Å². The molecule has 0 atom stereocenters. The highest BCUT2D eigenvalue weighted by molar-refractivity contribution is 9.10. The van der Waals surface area contributed by atoms with Crippen LogP contribution in [0.4, 0.5) is 5.69 Å². The first-order valence-electron chi connectivity index (χ1n) is 5.98. The Kier molecular flexibility index (Phi) is 5.39. The minimum absolute atomic E-state index is 0.0786. The van der Waals surface area contributed by atoms with Crippen molar-refractivity contribution in [3.8, 4) is 0 Å². The van der Waals surface area contributed by atoms with Crippen molar-refractivity contribution < 1.29 is 4.79 Å². The Hall–Kier alpha value is -0.190. The molecule has 0 spiro atoms. The summed E-state index contributed by atoms with van der Waals surface area (Å²) in [6.07, 6.45) is 2.91. The van der Waals surface area contributed by atoms with Gasteiger partial charge in [0.25, 0.3) is 0 Å². The maximum absolute atomic E-state index is 12.0. The van der Waals surface area contributed by atoms with E-state index in [0.29, 0.717) is 17.4 Å².